The molecular formula is C15H16F3N3O3S. The van der Waals surface area contributed by atoms with E-state index in [0.717, 1.165) is 0 Å². The van der Waals surface area contributed by atoms with Crippen molar-refractivity contribution in [3.8, 4) is 11.4 Å². The van der Waals surface area contributed by atoms with Gasteiger partial charge in [0.1, 0.15) is 18.4 Å². The molecule has 0 saturated heterocycles. The Morgan fingerprint density at radius 2 is 1.88 bits per heavy atom. The van der Waals surface area contributed by atoms with Gasteiger partial charge in [0.15, 0.2) is 0 Å². The monoisotopic (exact) mass is 375 g/mol. The van der Waals surface area contributed by atoms with Crippen LogP contribution < -0.4 is 4.18 Å². The number of benzene rings is 1. The lowest BCUT2D eigenvalue weighted by atomic mass is 9.88. The van der Waals surface area contributed by atoms with E-state index in [1.165, 1.54) is 29.5 Å². The number of hydrogen-bond acceptors (Lipinski definition) is 5. The summed E-state index contributed by atoms with van der Waals surface area (Å²) in [5.41, 5.74) is 0.561. The Labute approximate surface area is 142 Å². The summed E-state index contributed by atoms with van der Waals surface area (Å²) in [5.74, 6) is -1.35. The summed E-state index contributed by atoms with van der Waals surface area (Å²) < 4.78 is 69.4. The minimum Gasteiger partial charge on any atom is -0.382 e. The van der Waals surface area contributed by atoms with E-state index in [1.807, 2.05) is 0 Å². The molecule has 0 amide bonds. The Kier molecular flexibility index (Phi) is 4.72. The first-order chi connectivity index (χ1) is 11.8. The van der Waals surface area contributed by atoms with Crippen molar-refractivity contribution in [3.63, 3.8) is 0 Å². The molecule has 0 N–H and O–H groups in total. The zero-order chi connectivity index (χ0) is 18.1. The quantitative estimate of drug-likeness (QED) is 0.768. The van der Waals surface area contributed by atoms with Crippen LogP contribution in [0.4, 0.5) is 13.2 Å². The van der Waals surface area contributed by atoms with Crippen molar-refractivity contribution in [2.45, 2.75) is 37.1 Å². The van der Waals surface area contributed by atoms with Gasteiger partial charge < -0.3 is 4.18 Å². The van der Waals surface area contributed by atoms with Gasteiger partial charge in [0.25, 0.3) is 0 Å². The van der Waals surface area contributed by atoms with Crippen LogP contribution in [0, 0.1) is 5.92 Å². The van der Waals surface area contributed by atoms with E-state index in [2.05, 4.69) is 10.1 Å². The maximum atomic E-state index is 12.7. The van der Waals surface area contributed by atoms with Crippen molar-refractivity contribution in [3.05, 3.63) is 36.9 Å². The Bertz CT molecular complexity index is 814. The fourth-order valence-electron chi connectivity index (χ4n) is 2.90. The summed E-state index contributed by atoms with van der Waals surface area (Å²) in [4.78, 5) is 3.80. The zero-order valence-electron chi connectivity index (χ0n) is 13.1. The lowest BCUT2D eigenvalue weighted by Crippen LogP contribution is -2.35. The Hall–Kier alpha value is -2.10. The second kappa shape index (κ2) is 6.66. The number of hydrogen-bond donors (Lipinski definition) is 0. The normalized spacial score (nSPS) is 21.9. The first-order valence-electron chi connectivity index (χ1n) is 7.71. The van der Waals surface area contributed by atoms with Gasteiger partial charge >= 0.3 is 16.3 Å². The predicted molar refractivity (Wildman–Crippen MR) is 82.7 cm³/mol. The highest BCUT2D eigenvalue weighted by Gasteiger charge is 2.44. The molecule has 0 bridgehead atoms. The molecule has 0 aliphatic heterocycles. The molecule has 0 unspecified atom stereocenters. The molecule has 1 aromatic carbocycles. The Balaban J connectivity index is 1.69. The van der Waals surface area contributed by atoms with E-state index in [4.69, 9.17) is 4.18 Å². The SMILES string of the molecule is O=S(=O)(Oc1cccc(-n2cncn2)c1)C1CCC(C(F)(F)F)CC1. The van der Waals surface area contributed by atoms with Crippen LogP contribution in [0.15, 0.2) is 36.9 Å². The smallest absolute Gasteiger partial charge is 0.382 e. The van der Waals surface area contributed by atoms with E-state index < -0.39 is 27.5 Å². The lowest BCUT2D eigenvalue weighted by molar-refractivity contribution is -0.181. The van der Waals surface area contributed by atoms with Crippen LogP contribution in [-0.4, -0.2) is 34.6 Å². The summed E-state index contributed by atoms with van der Waals surface area (Å²) in [6.45, 7) is 0. The van der Waals surface area contributed by atoms with Crippen molar-refractivity contribution in [1.29, 1.82) is 0 Å². The first kappa shape index (κ1) is 17.7. The van der Waals surface area contributed by atoms with Gasteiger partial charge in [-0.3, -0.25) is 0 Å². The third-order valence-electron chi connectivity index (χ3n) is 4.26. The van der Waals surface area contributed by atoms with Gasteiger partial charge in [-0.15, -0.1) is 0 Å². The lowest BCUT2D eigenvalue weighted by Gasteiger charge is -2.29. The average molecular weight is 375 g/mol. The third kappa shape index (κ3) is 4.12. The molecule has 2 aromatic rings. The van der Waals surface area contributed by atoms with E-state index in [9.17, 15) is 21.6 Å². The van der Waals surface area contributed by atoms with Crippen molar-refractivity contribution < 1.29 is 25.8 Å². The second-order valence-electron chi connectivity index (χ2n) is 5.93. The molecule has 25 heavy (non-hydrogen) atoms. The van der Waals surface area contributed by atoms with Gasteiger partial charge in [-0.2, -0.15) is 26.7 Å². The van der Waals surface area contributed by atoms with Crippen LogP contribution in [0.1, 0.15) is 25.7 Å². The highest BCUT2D eigenvalue weighted by Crippen LogP contribution is 2.39. The van der Waals surface area contributed by atoms with Crippen LogP contribution in [0.5, 0.6) is 5.75 Å². The van der Waals surface area contributed by atoms with Gasteiger partial charge in [0.05, 0.1) is 16.9 Å². The van der Waals surface area contributed by atoms with Crippen molar-refractivity contribution in [1.82, 2.24) is 14.8 Å². The molecule has 1 saturated carbocycles. The highest BCUT2D eigenvalue weighted by atomic mass is 32.2. The molecule has 1 aliphatic rings. The molecule has 1 aromatic heterocycles. The van der Waals surface area contributed by atoms with Crippen LogP contribution >= 0.6 is 0 Å². The maximum absolute atomic E-state index is 12.7. The summed E-state index contributed by atoms with van der Waals surface area (Å²) in [6, 6.07) is 6.25. The number of halogens is 3. The van der Waals surface area contributed by atoms with Gasteiger partial charge in [-0.25, -0.2) is 9.67 Å². The van der Waals surface area contributed by atoms with Gasteiger partial charge in [0, 0.05) is 6.07 Å². The maximum Gasteiger partial charge on any atom is 0.391 e. The highest BCUT2D eigenvalue weighted by molar-refractivity contribution is 7.87. The standard InChI is InChI=1S/C15H16F3N3O3S/c16-15(17,18)11-4-6-14(7-5-11)25(22,23)24-13-3-1-2-12(8-13)21-10-19-9-20-21/h1-3,8-11,14H,4-7H2. The molecular weight excluding hydrogens is 359 g/mol. The van der Waals surface area contributed by atoms with Gasteiger partial charge in [0.2, 0.25) is 0 Å². The molecule has 0 radical (unpaired) electrons. The Morgan fingerprint density at radius 3 is 2.48 bits per heavy atom. The zero-order valence-corrected chi connectivity index (χ0v) is 13.9. The van der Waals surface area contributed by atoms with Crippen LogP contribution in [0.2, 0.25) is 0 Å². The minimum absolute atomic E-state index is 0.0602. The number of rotatable bonds is 4. The summed E-state index contributed by atoms with van der Waals surface area (Å²) in [5, 5.41) is 3.01. The topological polar surface area (TPSA) is 74.1 Å². The van der Waals surface area contributed by atoms with E-state index in [0.29, 0.717) is 5.69 Å². The molecule has 1 fully saturated rings. The van der Waals surface area contributed by atoms with Gasteiger partial charge in [-0.05, 0) is 37.8 Å². The molecule has 6 nitrogen and oxygen atoms in total. The van der Waals surface area contributed by atoms with Crippen LogP contribution in [-0.2, 0) is 10.1 Å². The molecule has 10 heteroatoms. The predicted octanol–water partition coefficient (Wildman–Crippen LogP) is 3.10. The summed E-state index contributed by atoms with van der Waals surface area (Å²) in [7, 11) is -4.00. The molecule has 136 valence electrons. The second-order valence-corrected chi connectivity index (χ2v) is 7.75. The number of alkyl halides is 3. The van der Waals surface area contributed by atoms with Gasteiger partial charge in [-0.1, -0.05) is 6.07 Å². The summed E-state index contributed by atoms with van der Waals surface area (Å²) >= 11 is 0. The molecule has 1 aliphatic carbocycles. The van der Waals surface area contributed by atoms with E-state index in [-0.39, 0.29) is 31.4 Å². The first-order valence-corrected chi connectivity index (χ1v) is 9.18. The minimum atomic E-state index is -4.28. The Morgan fingerprint density at radius 1 is 1.16 bits per heavy atom. The molecule has 3 rings (SSSR count). The largest absolute Gasteiger partial charge is 0.391 e. The molecule has 0 atom stereocenters. The van der Waals surface area contributed by atoms with Crippen molar-refractivity contribution in [2.75, 3.05) is 0 Å². The summed E-state index contributed by atoms with van der Waals surface area (Å²) in [6.07, 6.45) is -2.01. The fourth-order valence-corrected chi connectivity index (χ4v) is 4.26. The van der Waals surface area contributed by atoms with Crippen LogP contribution in [0.3, 0.4) is 0 Å². The van der Waals surface area contributed by atoms with E-state index in [1.54, 1.807) is 12.1 Å². The fraction of sp³-hybridized carbons (Fsp3) is 0.467. The van der Waals surface area contributed by atoms with Crippen molar-refractivity contribution in [2.24, 2.45) is 5.92 Å². The molecule has 1 heterocycles. The van der Waals surface area contributed by atoms with E-state index >= 15 is 0 Å². The third-order valence-corrected chi connectivity index (χ3v) is 5.97. The number of aromatic nitrogens is 3. The van der Waals surface area contributed by atoms with Crippen LogP contribution in [0.25, 0.3) is 5.69 Å². The number of nitrogens with zero attached hydrogens (tertiary/aromatic N) is 3. The van der Waals surface area contributed by atoms with Crippen molar-refractivity contribution >= 4 is 10.1 Å². The average Bonchev–Trinajstić information content (AvgIpc) is 3.08. The molecule has 0 spiro atoms.